The number of hydrogen-bond acceptors (Lipinski definition) is 1. The summed E-state index contributed by atoms with van der Waals surface area (Å²) in [6, 6.07) is 0.496. The summed E-state index contributed by atoms with van der Waals surface area (Å²) in [5, 5.41) is 0. The maximum absolute atomic E-state index is 5.94. The van der Waals surface area contributed by atoms with Gasteiger partial charge in [0.05, 0.1) is 0 Å². The van der Waals surface area contributed by atoms with E-state index < -0.39 is 0 Å². The Morgan fingerprint density at radius 1 is 0.909 bits per heavy atom. The van der Waals surface area contributed by atoms with E-state index in [9.17, 15) is 0 Å². The van der Waals surface area contributed by atoms with Gasteiger partial charge in [-0.05, 0) is 25.2 Å². The molecule has 66 valence electrons. The van der Waals surface area contributed by atoms with Gasteiger partial charge in [-0.25, -0.2) is 0 Å². The van der Waals surface area contributed by atoms with Crippen LogP contribution >= 0.6 is 0 Å². The third-order valence-electron chi connectivity index (χ3n) is 2.80. The first-order valence-electron chi connectivity index (χ1n) is 5.04. The minimum Gasteiger partial charge on any atom is -0.328 e. The summed E-state index contributed by atoms with van der Waals surface area (Å²) in [5.41, 5.74) is 5.94. The van der Waals surface area contributed by atoms with Crippen LogP contribution in [-0.2, 0) is 0 Å². The normalized spacial score (nSPS) is 35.5. The molecule has 2 unspecified atom stereocenters. The van der Waals surface area contributed by atoms with Crippen molar-refractivity contribution in [1.29, 1.82) is 0 Å². The second kappa shape index (κ2) is 4.76. The molecule has 1 nitrogen and oxygen atoms in total. The smallest absolute Gasteiger partial charge is 0.00389 e. The van der Waals surface area contributed by atoms with Crippen LogP contribution in [0.25, 0.3) is 0 Å². The lowest BCUT2D eigenvalue weighted by atomic mass is 9.98. The Hall–Kier alpha value is -0.0400. The summed E-state index contributed by atoms with van der Waals surface area (Å²) in [6.07, 6.45) is 9.46. The van der Waals surface area contributed by atoms with Gasteiger partial charge in [-0.3, -0.25) is 0 Å². The zero-order chi connectivity index (χ0) is 8.10. The molecule has 0 amide bonds. The summed E-state index contributed by atoms with van der Waals surface area (Å²) in [5.74, 6) is 0.916. The maximum atomic E-state index is 5.94. The van der Waals surface area contributed by atoms with Crippen LogP contribution in [0.3, 0.4) is 0 Å². The Balaban J connectivity index is 2.25. The molecule has 0 radical (unpaired) electrons. The quantitative estimate of drug-likeness (QED) is 0.572. The average molecular weight is 155 g/mol. The van der Waals surface area contributed by atoms with Crippen molar-refractivity contribution in [2.75, 3.05) is 0 Å². The molecule has 11 heavy (non-hydrogen) atoms. The van der Waals surface area contributed by atoms with Crippen molar-refractivity contribution < 1.29 is 0 Å². The molecule has 0 saturated heterocycles. The lowest BCUT2D eigenvalue weighted by Crippen LogP contribution is -2.19. The van der Waals surface area contributed by atoms with Crippen LogP contribution in [-0.4, -0.2) is 6.04 Å². The van der Waals surface area contributed by atoms with Gasteiger partial charge in [-0.15, -0.1) is 0 Å². The van der Waals surface area contributed by atoms with E-state index in [1.807, 2.05) is 0 Å². The molecule has 1 rings (SSSR count). The highest BCUT2D eigenvalue weighted by atomic mass is 14.6. The lowest BCUT2D eigenvalue weighted by Gasteiger charge is -2.11. The average Bonchev–Trinajstić information content (AvgIpc) is 2.06. The van der Waals surface area contributed by atoms with Crippen LogP contribution in [0.15, 0.2) is 0 Å². The van der Waals surface area contributed by atoms with E-state index in [0.29, 0.717) is 6.04 Å². The molecule has 1 fully saturated rings. The van der Waals surface area contributed by atoms with Crippen LogP contribution < -0.4 is 5.73 Å². The first kappa shape index (κ1) is 9.05. The Labute approximate surface area is 70.4 Å². The summed E-state index contributed by atoms with van der Waals surface area (Å²) in [4.78, 5) is 0. The number of rotatable bonds is 0. The molecule has 0 aliphatic heterocycles. The molecular formula is C10H21N. The van der Waals surface area contributed by atoms with E-state index in [2.05, 4.69) is 6.92 Å². The minimum absolute atomic E-state index is 0.496. The van der Waals surface area contributed by atoms with E-state index in [0.717, 1.165) is 5.92 Å². The molecule has 0 heterocycles. The molecule has 0 aromatic heterocycles. The first-order chi connectivity index (χ1) is 5.29. The van der Waals surface area contributed by atoms with Crippen molar-refractivity contribution >= 4 is 0 Å². The maximum Gasteiger partial charge on any atom is 0.00389 e. The van der Waals surface area contributed by atoms with E-state index in [1.54, 1.807) is 0 Å². The standard InChI is InChI=1S/C10H21N/c1-9-5-3-2-4-6-10(11)8-7-9/h9-10H,2-8,11H2,1H3. The van der Waals surface area contributed by atoms with Crippen molar-refractivity contribution in [2.24, 2.45) is 11.7 Å². The topological polar surface area (TPSA) is 26.0 Å². The van der Waals surface area contributed by atoms with Gasteiger partial charge in [0.15, 0.2) is 0 Å². The molecule has 0 aromatic rings. The molecule has 1 aliphatic rings. The molecule has 2 N–H and O–H groups in total. The first-order valence-corrected chi connectivity index (χ1v) is 5.04. The van der Waals surface area contributed by atoms with Gasteiger partial charge >= 0.3 is 0 Å². The Morgan fingerprint density at radius 3 is 2.45 bits per heavy atom. The van der Waals surface area contributed by atoms with Gasteiger partial charge in [0.1, 0.15) is 0 Å². The van der Waals surface area contributed by atoms with Gasteiger partial charge in [-0.1, -0.05) is 32.6 Å². The van der Waals surface area contributed by atoms with Crippen molar-refractivity contribution in [1.82, 2.24) is 0 Å². The fourth-order valence-electron chi connectivity index (χ4n) is 1.86. The van der Waals surface area contributed by atoms with E-state index in [1.165, 1.54) is 44.9 Å². The van der Waals surface area contributed by atoms with E-state index in [-0.39, 0.29) is 0 Å². The summed E-state index contributed by atoms with van der Waals surface area (Å²) >= 11 is 0. The fourth-order valence-corrected chi connectivity index (χ4v) is 1.86. The third kappa shape index (κ3) is 3.76. The van der Waals surface area contributed by atoms with Crippen molar-refractivity contribution in [2.45, 2.75) is 57.9 Å². The molecule has 0 bridgehead atoms. The van der Waals surface area contributed by atoms with Crippen molar-refractivity contribution in [3.05, 3.63) is 0 Å². The Morgan fingerprint density at radius 2 is 1.64 bits per heavy atom. The minimum atomic E-state index is 0.496. The Kier molecular flexibility index (Phi) is 3.92. The van der Waals surface area contributed by atoms with Crippen LogP contribution in [0.2, 0.25) is 0 Å². The molecule has 1 saturated carbocycles. The predicted molar refractivity (Wildman–Crippen MR) is 49.5 cm³/mol. The van der Waals surface area contributed by atoms with Crippen LogP contribution in [0, 0.1) is 5.92 Å². The highest BCUT2D eigenvalue weighted by Gasteiger charge is 2.09. The van der Waals surface area contributed by atoms with Gasteiger partial charge in [0.2, 0.25) is 0 Å². The zero-order valence-corrected chi connectivity index (χ0v) is 7.68. The van der Waals surface area contributed by atoms with Gasteiger partial charge < -0.3 is 5.73 Å². The van der Waals surface area contributed by atoms with Crippen molar-refractivity contribution in [3.8, 4) is 0 Å². The van der Waals surface area contributed by atoms with Gasteiger partial charge in [0.25, 0.3) is 0 Å². The second-order valence-corrected chi connectivity index (χ2v) is 4.08. The molecule has 2 atom stereocenters. The van der Waals surface area contributed by atoms with Gasteiger partial charge in [0, 0.05) is 6.04 Å². The Bertz CT molecular complexity index is 89.0. The van der Waals surface area contributed by atoms with Gasteiger partial charge in [-0.2, -0.15) is 0 Å². The monoisotopic (exact) mass is 155 g/mol. The summed E-state index contributed by atoms with van der Waals surface area (Å²) < 4.78 is 0. The highest BCUT2D eigenvalue weighted by Crippen LogP contribution is 2.20. The molecular weight excluding hydrogens is 134 g/mol. The van der Waals surface area contributed by atoms with Crippen LogP contribution in [0.5, 0.6) is 0 Å². The second-order valence-electron chi connectivity index (χ2n) is 4.08. The summed E-state index contributed by atoms with van der Waals surface area (Å²) in [6.45, 7) is 2.36. The van der Waals surface area contributed by atoms with E-state index in [4.69, 9.17) is 5.73 Å². The molecule has 0 spiro atoms. The third-order valence-corrected chi connectivity index (χ3v) is 2.80. The molecule has 0 aromatic carbocycles. The zero-order valence-electron chi connectivity index (χ0n) is 7.68. The van der Waals surface area contributed by atoms with Crippen molar-refractivity contribution in [3.63, 3.8) is 0 Å². The van der Waals surface area contributed by atoms with E-state index >= 15 is 0 Å². The van der Waals surface area contributed by atoms with Crippen LogP contribution in [0.4, 0.5) is 0 Å². The number of nitrogens with two attached hydrogens (primary N) is 1. The van der Waals surface area contributed by atoms with Crippen LogP contribution in [0.1, 0.15) is 51.9 Å². The molecule has 1 heteroatoms. The lowest BCUT2D eigenvalue weighted by molar-refractivity contribution is 0.448. The highest BCUT2D eigenvalue weighted by molar-refractivity contribution is 4.66. The SMILES string of the molecule is CC1CCCCCC(N)CC1. The molecule has 1 aliphatic carbocycles. The number of hydrogen-bond donors (Lipinski definition) is 1. The largest absolute Gasteiger partial charge is 0.328 e. The predicted octanol–water partition coefficient (Wildman–Crippen LogP) is 2.69. The fraction of sp³-hybridized carbons (Fsp3) is 1.00. The summed E-state index contributed by atoms with van der Waals surface area (Å²) in [7, 11) is 0.